The number of nitrogens with zero attached hydrogens (tertiary/aromatic N) is 5. The zero-order valence-corrected chi connectivity index (χ0v) is 27.2. The van der Waals surface area contributed by atoms with Crippen molar-refractivity contribution in [2.24, 2.45) is 11.8 Å². The summed E-state index contributed by atoms with van der Waals surface area (Å²) in [6.07, 6.45) is 9.27. The summed E-state index contributed by atoms with van der Waals surface area (Å²) < 4.78 is 7.36. The first kappa shape index (κ1) is 32.0. The first-order valence-electron chi connectivity index (χ1n) is 17.2. The molecule has 13 heteroatoms. The first-order valence-corrected chi connectivity index (χ1v) is 17.2. The van der Waals surface area contributed by atoms with E-state index in [1.54, 1.807) is 24.4 Å². The minimum Gasteiger partial charge on any atom is -0.381 e. The van der Waals surface area contributed by atoms with Gasteiger partial charge in [0.2, 0.25) is 17.7 Å². The largest absolute Gasteiger partial charge is 0.381 e. The van der Waals surface area contributed by atoms with E-state index >= 15 is 0 Å². The number of benzene rings is 1. The molecule has 0 spiro atoms. The van der Waals surface area contributed by atoms with E-state index in [0.717, 1.165) is 49.0 Å². The summed E-state index contributed by atoms with van der Waals surface area (Å²) in [5.41, 5.74) is 2.61. The van der Waals surface area contributed by atoms with Gasteiger partial charge in [-0.1, -0.05) is 12.6 Å². The number of hydrogen-bond acceptors (Lipinski definition) is 8. The number of fused-ring (bicyclic) bond motifs is 1. The molecule has 0 bridgehead atoms. The second-order valence-corrected chi connectivity index (χ2v) is 13.6. The molecule has 2 N–H and O–H groups in total. The highest BCUT2D eigenvalue weighted by atomic mass is 16.5. The molecule has 5 aliphatic rings. The van der Waals surface area contributed by atoms with Gasteiger partial charge >= 0.3 is 0 Å². The van der Waals surface area contributed by atoms with Crippen LogP contribution in [-0.2, 0) is 25.7 Å². The Morgan fingerprint density at radius 1 is 0.896 bits per heavy atom. The molecule has 1 unspecified atom stereocenters. The van der Waals surface area contributed by atoms with Gasteiger partial charge in [0.05, 0.1) is 23.4 Å². The van der Waals surface area contributed by atoms with Gasteiger partial charge in [-0.2, -0.15) is 5.10 Å². The summed E-state index contributed by atoms with van der Waals surface area (Å²) in [6, 6.07) is 4.43. The van der Waals surface area contributed by atoms with Crippen LogP contribution in [-0.4, -0.2) is 99.5 Å². The van der Waals surface area contributed by atoms with Crippen molar-refractivity contribution < 1.29 is 28.7 Å². The number of likely N-dealkylation sites (tertiary alicyclic amines) is 2. The van der Waals surface area contributed by atoms with Gasteiger partial charge in [-0.25, -0.2) is 0 Å². The van der Waals surface area contributed by atoms with Crippen molar-refractivity contribution in [3.05, 3.63) is 59.6 Å². The number of allylic oxidation sites excluding steroid dienone is 1. The predicted molar refractivity (Wildman–Crippen MR) is 174 cm³/mol. The molecular weight excluding hydrogens is 614 g/mol. The van der Waals surface area contributed by atoms with Gasteiger partial charge in [0.25, 0.3) is 11.8 Å². The number of anilines is 1. The normalized spacial score (nSPS) is 23.0. The molecule has 5 amide bonds. The van der Waals surface area contributed by atoms with Crippen LogP contribution in [0.5, 0.6) is 0 Å². The zero-order valence-electron chi connectivity index (χ0n) is 27.2. The average molecular weight is 658 g/mol. The van der Waals surface area contributed by atoms with E-state index < -0.39 is 23.8 Å². The Balaban J connectivity index is 0.900. The summed E-state index contributed by atoms with van der Waals surface area (Å²) >= 11 is 0. The average Bonchev–Trinajstić information content (AvgIpc) is 3.70. The highest BCUT2D eigenvalue weighted by Crippen LogP contribution is 2.33. The summed E-state index contributed by atoms with van der Waals surface area (Å²) in [4.78, 5) is 70.5. The molecule has 1 atom stereocenters. The Morgan fingerprint density at radius 3 is 2.25 bits per heavy atom. The van der Waals surface area contributed by atoms with Crippen molar-refractivity contribution in [3.8, 4) is 0 Å². The minimum atomic E-state index is -0.860. The van der Waals surface area contributed by atoms with Crippen LogP contribution in [0.4, 0.5) is 5.69 Å². The van der Waals surface area contributed by atoms with Crippen LogP contribution in [0.15, 0.2) is 42.9 Å². The number of hydrogen-bond donors (Lipinski definition) is 2. The molecule has 254 valence electrons. The molecule has 0 aliphatic carbocycles. The molecule has 7 rings (SSSR count). The van der Waals surface area contributed by atoms with E-state index in [-0.39, 0.29) is 40.8 Å². The Kier molecular flexibility index (Phi) is 9.04. The molecule has 0 radical (unpaired) electrons. The molecule has 2 aromatic rings. The number of amides is 5. The maximum atomic E-state index is 13.5. The molecule has 1 aromatic heterocycles. The molecule has 6 heterocycles. The minimum absolute atomic E-state index is 0.0313. The quantitative estimate of drug-likeness (QED) is 0.433. The first-order chi connectivity index (χ1) is 23.3. The van der Waals surface area contributed by atoms with E-state index in [1.165, 1.54) is 0 Å². The molecular formula is C35H43N7O6. The topological polar surface area (TPSA) is 146 Å². The Bertz CT molecular complexity index is 1610. The van der Waals surface area contributed by atoms with Gasteiger partial charge in [-0.15, -0.1) is 0 Å². The third-order valence-electron chi connectivity index (χ3n) is 10.6. The number of nitrogens with one attached hydrogen (secondary N) is 2. The maximum absolute atomic E-state index is 13.5. The summed E-state index contributed by atoms with van der Waals surface area (Å²) in [5.74, 6) is -0.879. The fourth-order valence-corrected chi connectivity index (χ4v) is 7.77. The van der Waals surface area contributed by atoms with Gasteiger partial charge in [0.1, 0.15) is 6.04 Å². The maximum Gasteiger partial charge on any atom is 0.264 e. The van der Waals surface area contributed by atoms with Crippen molar-refractivity contribution in [1.29, 1.82) is 0 Å². The van der Waals surface area contributed by atoms with E-state index in [2.05, 4.69) is 22.3 Å². The molecule has 0 saturated carbocycles. The molecule has 1 aromatic carbocycles. The number of carbonyl (C=O) groups excluding carboxylic acids is 5. The number of imide groups is 1. The van der Waals surface area contributed by atoms with Crippen LogP contribution >= 0.6 is 0 Å². The lowest BCUT2D eigenvalue weighted by Crippen LogP contribution is -2.51. The van der Waals surface area contributed by atoms with Crippen LogP contribution in [0.3, 0.4) is 0 Å². The van der Waals surface area contributed by atoms with Crippen LogP contribution in [0, 0.1) is 11.8 Å². The fourth-order valence-electron chi connectivity index (χ4n) is 7.77. The van der Waals surface area contributed by atoms with E-state index in [0.29, 0.717) is 70.2 Å². The van der Waals surface area contributed by atoms with Gasteiger partial charge < -0.3 is 25.2 Å². The standard InChI is InChI=1S/C35H43N7O6/c1-22-5-6-29(31(43)38-22)42-34(46)27-3-2-4-28(30(27)35(42)47)36-19-23-20-37-41(21-23)26-9-15-40(16-10-26)32(44)24-7-13-39(14-8-24)33(45)25-11-17-48-18-12-25/h2-4,20-21,24-26,29,36H,1,5-19H2,(H,38,43). The molecule has 13 nitrogen and oxygen atoms in total. The molecule has 48 heavy (non-hydrogen) atoms. The number of aromatic nitrogens is 2. The lowest BCUT2D eigenvalue weighted by Gasteiger charge is -2.38. The fraction of sp³-hybridized carbons (Fsp3) is 0.543. The lowest BCUT2D eigenvalue weighted by molar-refractivity contribution is -0.144. The molecule has 5 aliphatic heterocycles. The van der Waals surface area contributed by atoms with Crippen LogP contribution < -0.4 is 10.6 Å². The van der Waals surface area contributed by atoms with Gasteiger partial charge in [-0.3, -0.25) is 33.6 Å². The Morgan fingerprint density at radius 2 is 1.56 bits per heavy atom. The summed E-state index contributed by atoms with van der Waals surface area (Å²) in [6.45, 7) is 8.13. The highest BCUT2D eigenvalue weighted by molar-refractivity contribution is 6.25. The third-order valence-corrected chi connectivity index (χ3v) is 10.6. The van der Waals surface area contributed by atoms with Crippen molar-refractivity contribution in [1.82, 2.24) is 29.8 Å². The van der Waals surface area contributed by atoms with Crippen molar-refractivity contribution in [2.45, 2.75) is 70.0 Å². The summed E-state index contributed by atoms with van der Waals surface area (Å²) in [5, 5.41) is 10.6. The Hall–Kier alpha value is -4.52. The van der Waals surface area contributed by atoms with Gasteiger partial charge in [-0.05, 0) is 63.5 Å². The van der Waals surface area contributed by atoms with E-state index in [4.69, 9.17) is 4.74 Å². The lowest BCUT2D eigenvalue weighted by atomic mass is 9.92. The number of piperidine rings is 3. The Labute approximate surface area is 279 Å². The summed E-state index contributed by atoms with van der Waals surface area (Å²) in [7, 11) is 0. The smallest absolute Gasteiger partial charge is 0.264 e. The highest BCUT2D eigenvalue weighted by Gasteiger charge is 2.45. The predicted octanol–water partition coefficient (Wildman–Crippen LogP) is 2.71. The molecule has 4 saturated heterocycles. The van der Waals surface area contributed by atoms with Crippen LogP contribution in [0.1, 0.15) is 83.7 Å². The van der Waals surface area contributed by atoms with Crippen molar-refractivity contribution in [2.75, 3.05) is 44.7 Å². The zero-order chi connectivity index (χ0) is 33.4. The monoisotopic (exact) mass is 657 g/mol. The number of ether oxygens (including phenoxy) is 1. The second-order valence-electron chi connectivity index (χ2n) is 13.6. The van der Waals surface area contributed by atoms with Gasteiger partial charge in [0.15, 0.2) is 0 Å². The third kappa shape index (κ3) is 6.23. The van der Waals surface area contributed by atoms with Crippen molar-refractivity contribution >= 4 is 35.2 Å². The van der Waals surface area contributed by atoms with Gasteiger partial charge in [0, 0.05) is 80.9 Å². The number of carbonyl (C=O) groups is 5. The van der Waals surface area contributed by atoms with E-state index in [1.807, 2.05) is 20.7 Å². The second kappa shape index (κ2) is 13.5. The molecule has 4 fully saturated rings. The van der Waals surface area contributed by atoms with E-state index in [9.17, 15) is 24.0 Å². The number of rotatable bonds is 7. The SMILES string of the molecule is C=C1CCC(N2C(=O)c3cccc(NCc4cnn(C5CCN(C(=O)C6CCN(C(=O)C7CCOCC7)CC6)CC5)c4)c3C2=O)C(=O)N1. The van der Waals surface area contributed by atoms with Crippen LogP contribution in [0.25, 0.3) is 0 Å². The van der Waals surface area contributed by atoms with Crippen LogP contribution in [0.2, 0.25) is 0 Å². The van der Waals surface area contributed by atoms with Crippen molar-refractivity contribution in [3.63, 3.8) is 0 Å².